The van der Waals surface area contributed by atoms with E-state index in [1.807, 2.05) is 6.07 Å². The van der Waals surface area contributed by atoms with E-state index in [9.17, 15) is 0 Å². The number of rotatable bonds is 4. The van der Waals surface area contributed by atoms with Crippen LogP contribution in [0.15, 0.2) is 18.2 Å². The van der Waals surface area contributed by atoms with Crippen molar-refractivity contribution in [1.29, 1.82) is 0 Å². The van der Waals surface area contributed by atoms with Gasteiger partial charge in [0.2, 0.25) is 0 Å². The zero-order chi connectivity index (χ0) is 13.1. The van der Waals surface area contributed by atoms with Gasteiger partial charge in [0.1, 0.15) is 0 Å². The van der Waals surface area contributed by atoms with Crippen LogP contribution in [0.3, 0.4) is 0 Å². The molecule has 2 rings (SSSR count). The molecule has 0 aliphatic carbocycles. The van der Waals surface area contributed by atoms with Crippen molar-refractivity contribution in [2.24, 2.45) is 11.8 Å². The SMILES string of the molecule is CC(C)CC(C)CN1CCc2c(N)cccc2C1. The molecule has 2 N–H and O–H groups in total. The summed E-state index contributed by atoms with van der Waals surface area (Å²) in [6.07, 6.45) is 2.43. The molecule has 0 saturated carbocycles. The molecule has 100 valence electrons. The first-order valence-electron chi connectivity index (χ1n) is 7.15. The lowest BCUT2D eigenvalue weighted by Crippen LogP contribution is -2.34. The highest BCUT2D eigenvalue weighted by atomic mass is 15.1. The minimum atomic E-state index is 0.785. The monoisotopic (exact) mass is 246 g/mol. The van der Waals surface area contributed by atoms with Gasteiger partial charge in [-0.1, -0.05) is 32.9 Å². The Morgan fingerprint density at radius 2 is 2.06 bits per heavy atom. The third-order valence-corrected chi connectivity index (χ3v) is 3.82. The van der Waals surface area contributed by atoms with E-state index >= 15 is 0 Å². The number of benzene rings is 1. The number of hydrogen-bond acceptors (Lipinski definition) is 2. The van der Waals surface area contributed by atoms with Crippen LogP contribution in [-0.4, -0.2) is 18.0 Å². The molecule has 0 amide bonds. The molecule has 0 bridgehead atoms. The summed E-state index contributed by atoms with van der Waals surface area (Å²) < 4.78 is 0. The first-order chi connectivity index (χ1) is 8.56. The fourth-order valence-corrected chi connectivity index (χ4v) is 3.17. The maximum atomic E-state index is 6.04. The standard InChI is InChI=1S/C16H26N2/c1-12(2)9-13(3)10-18-8-7-15-14(11-18)5-4-6-16(15)17/h4-6,12-13H,7-11,17H2,1-3H3. The summed E-state index contributed by atoms with van der Waals surface area (Å²) in [6.45, 7) is 10.4. The normalized spacial score (nSPS) is 17.8. The van der Waals surface area contributed by atoms with Gasteiger partial charge in [-0.15, -0.1) is 0 Å². The van der Waals surface area contributed by atoms with Gasteiger partial charge in [0.15, 0.2) is 0 Å². The Kier molecular flexibility index (Phi) is 4.28. The highest BCUT2D eigenvalue weighted by Crippen LogP contribution is 2.25. The van der Waals surface area contributed by atoms with Crippen molar-refractivity contribution < 1.29 is 0 Å². The molecule has 0 spiro atoms. The maximum absolute atomic E-state index is 6.04. The Morgan fingerprint density at radius 3 is 2.78 bits per heavy atom. The van der Waals surface area contributed by atoms with Crippen molar-refractivity contribution in [2.45, 2.75) is 40.2 Å². The summed E-state index contributed by atoms with van der Waals surface area (Å²) in [4.78, 5) is 2.58. The highest BCUT2D eigenvalue weighted by molar-refractivity contribution is 5.51. The van der Waals surface area contributed by atoms with Gasteiger partial charge in [0.25, 0.3) is 0 Å². The first-order valence-corrected chi connectivity index (χ1v) is 7.15. The Morgan fingerprint density at radius 1 is 1.28 bits per heavy atom. The number of hydrogen-bond donors (Lipinski definition) is 1. The molecule has 0 radical (unpaired) electrons. The number of nitrogens with zero attached hydrogens (tertiary/aromatic N) is 1. The van der Waals surface area contributed by atoms with E-state index in [4.69, 9.17) is 5.73 Å². The smallest absolute Gasteiger partial charge is 0.0350 e. The summed E-state index contributed by atoms with van der Waals surface area (Å²) >= 11 is 0. The van der Waals surface area contributed by atoms with E-state index in [0.717, 1.165) is 37.0 Å². The van der Waals surface area contributed by atoms with Gasteiger partial charge in [-0.3, -0.25) is 4.90 Å². The van der Waals surface area contributed by atoms with E-state index in [1.165, 1.54) is 24.1 Å². The van der Waals surface area contributed by atoms with Crippen LogP contribution < -0.4 is 5.73 Å². The molecule has 0 aromatic heterocycles. The topological polar surface area (TPSA) is 29.3 Å². The second-order valence-electron chi connectivity index (χ2n) is 6.20. The highest BCUT2D eigenvalue weighted by Gasteiger charge is 2.19. The third kappa shape index (κ3) is 3.26. The fraction of sp³-hybridized carbons (Fsp3) is 0.625. The molecule has 0 fully saturated rings. The van der Waals surface area contributed by atoms with Crippen LogP contribution in [0.5, 0.6) is 0 Å². The minimum absolute atomic E-state index is 0.785. The van der Waals surface area contributed by atoms with Gasteiger partial charge >= 0.3 is 0 Å². The Balaban J connectivity index is 1.96. The van der Waals surface area contributed by atoms with Crippen LogP contribution in [0.2, 0.25) is 0 Å². The van der Waals surface area contributed by atoms with Crippen LogP contribution in [0.25, 0.3) is 0 Å². The van der Waals surface area contributed by atoms with Crippen LogP contribution in [0.4, 0.5) is 5.69 Å². The molecular weight excluding hydrogens is 220 g/mol. The number of nitrogens with two attached hydrogens (primary N) is 1. The van der Waals surface area contributed by atoms with Crippen molar-refractivity contribution in [1.82, 2.24) is 4.90 Å². The average Bonchev–Trinajstić information content (AvgIpc) is 2.27. The van der Waals surface area contributed by atoms with Gasteiger partial charge in [0, 0.05) is 25.3 Å². The third-order valence-electron chi connectivity index (χ3n) is 3.82. The molecule has 1 atom stereocenters. The van der Waals surface area contributed by atoms with Crippen LogP contribution in [-0.2, 0) is 13.0 Å². The fourth-order valence-electron chi connectivity index (χ4n) is 3.17. The van der Waals surface area contributed by atoms with Gasteiger partial charge in [-0.2, -0.15) is 0 Å². The van der Waals surface area contributed by atoms with Crippen molar-refractivity contribution in [2.75, 3.05) is 18.8 Å². The molecule has 0 saturated heterocycles. The largest absolute Gasteiger partial charge is 0.398 e. The summed E-state index contributed by atoms with van der Waals surface area (Å²) in [7, 11) is 0. The number of fused-ring (bicyclic) bond motifs is 1. The molecule has 1 aliphatic heterocycles. The molecule has 18 heavy (non-hydrogen) atoms. The molecule has 1 unspecified atom stereocenters. The molecule has 1 aromatic carbocycles. The Bertz CT molecular complexity index is 398. The second-order valence-corrected chi connectivity index (χ2v) is 6.20. The van der Waals surface area contributed by atoms with Crippen molar-refractivity contribution >= 4 is 5.69 Å². The summed E-state index contributed by atoms with van der Waals surface area (Å²) in [6, 6.07) is 6.33. The van der Waals surface area contributed by atoms with Crippen LogP contribution >= 0.6 is 0 Å². The lowest BCUT2D eigenvalue weighted by atomic mass is 9.95. The summed E-state index contributed by atoms with van der Waals surface area (Å²) in [5, 5.41) is 0. The van der Waals surface area contributed by atoms with E-state index < -0.39 is 0 Å². The van der Waals surface area contributed by atoms with E-state index in [2.05, 4.69) is 37.8 Å². The quantitative estimate of drug-likeness (QED) is 0.826. The van der Waals surface area contributed by atoms with E-state index in [0.29, 0.717) is 0 Å². The van der Waals surface area contributed by atoms with Gasteiger partial charge in [0.05, 0.1) is 0 Å². The van der Waals surface area contributed by atoms with Crippen LogP contribution in [0, 0.1) is 11.8 Å². The van der Waals surface area contributed by atoms with Gasteiger partial charge < -0.3 is 5.73 Å². The lowest BCUT2D eigenvalue weighted by Gasteiger charge is -2.31. The van der Waals surface area contributed by atoms with Crippen molar-refractivity contribution in [3.8, 4) is 0 Å². The first kappa shape index (κ1) is 13.4. The van der Waals surface area contributed by atoms with E-state index in [-0.39, 0.29) is 0 Å². The average molecular weight is 246 g/mol. The minimum Gasteiger partial charge on any atom is -0.398 e. The van der Waals surface area contributed by atoms with Crippen molar-refractivity contribution in [3.05, 3.63) is 29.3 Å². The maximum Gasteiger partial charge on any atom is 0.0350 e. The molecule has 1 aliphatic rings. The number of anilines is 1. The molecular formula is C16H26N2. The van der Waals surface area contributed by atoms with Gasteiger partial charge in [-0.05, 0) is 41.9 Å². The van der Waals surface area contributed by atoms with E-state index in [1.54, 1.807) is 0 Å². The second kappa shape index (κ2) is 5.75. The summed E-state index contributed by atoms with van der Waals surface area (Å²) in [5.41, 5.74) is 9.82. The molecule has 1 heterocycles. The molecule has 1 aromatic rings. The molecule has 2 nitrogen and oxygen atoms in total. The van der Waals surface area contributed by atoms with Crippen molar-refractivity contribution in [3.63, 3.8) is 0 Å². The zero-order valence-electron chi connectivity index (χ0n) is 11.9. The van der Waals surface area contributed by atoms with Crippen LogP contribution in [0.1, 0.15) is 38.3 Å². The predicted molar refractivity (Wildman–Crippen MR) is 78.5 cm³/mol. The lowest BCUT2D eigenvalue weighted by molar-refractivity contribution is 0.207. The Hall–Kier alpha value is -1.02. The number of nitrogen functional groups attached to an aromatic ring is 1. The van der Waals surface area contributed by atoms with Gasteiger partial charge in [-0.25, -0.2) is 0 Å². The predicted octanol–water partition coefficient (Wildman–Crippen LogP) is 3.31. The molecule has 2 heteroatoms. The summed E-state index contributed by atoms with van der Waals surface area (Å²) in [5.74, 6) is 1.58. The Labute approximate surface area is 111 Å². The zero-order valence-corrected chi connectivity index (χ0v) is 11.9.